The molecule has 10 heteroatoms. The maximum absolute atomic E-state index is 13.6. The van der Waals surface area contributed by atoms with Gasteiger partial charge in [-0.05, 0) is 43.3 Å². The van der Waals surface area contributed by atoms with Crippen LogP contribution in [-0.4, -0.2) is 37.3 Å². The number of nitrogens with one attached hydrogen (secondary N) is 3. The van der Waals surface area contributed by atoms with Crippen LogP contribution in [0.4, 0.5) is 15.0 Å². The lowest BCUT2D eigenvalue weighted by atomic mass is 9.97. The van der Waals surface area contributed by atoms with Crippen molar-refractivity contribution in [3.05, 3.63) is 83.9 Å². The number of carbonyl (C=O) groups excluding carboxylic acids is 1. The van der Waals surface area contributed by atoms with E-state index in [2.05, 4.69) is 30.8 Å². The Morgan fingerprint density at radius 3 is 3.09 bits per heavy atom. The predicted molar refractivity (Wildman–Crippen MR) is 128 cm³/mol. The summed E-state index contributed by atoms with van der Waals surface area (Å²) in [5.41, 5.74) is 3.43. The van der Waals surface area contributed by atoms with Crippen molar-refractivity contribution < 1.29 is 13.9 Å². The van der Waals surface area contributed by atoms with Gasteiger partial charge in [0, 0.05) is 47.8 Å². The molecule has 1 aliphatic carbocycles. The molecule has 2 aliphatic rings. The van der Waals surface area contributed by atoms with Gasteiger partial charge < -0.3 is 10.1 Å². The van der Waals surface area contributed by atoms with Gasteiger partial charge >= 0.3 is 6.03 Å². The number of amides is 1. The minimum atomic E-state index is -0.352. The summed E-state index contributed by atoms with van der Waals surface area (Å²) in [6, 6.07) is 8.73. The van der Waals surface area contributed by atoms with E-state index in [4.69, 9.17) is 4.74 Å². The lowest BCUT2D eigenvalue weighted by Gasteiger charge is -2.18. The molecule has 6 rings (SSSR count). The first kappa shape index (κ1) is 21.2. The molecule has 3 N–H and O–H groups in total. The molecule has 1 amide bonds. The summed E-state index contributed by atoms with van der Waals surface area (Å²) in [6.45, 7) is 1.56. The van der Waals surface area contributed by atoms with Crippen molar-refractivity contribution in [2.24, 2.45) is 0 Å². The van der Waals surface area contributed by atoms with Gasteiger partial charge in [-0.1, -0.05) is 12.2 Å². The zero-order chi connectivity index (χ0) is 23.8. The summed E-state index contributed by atoms with van der Waals surface area (Å²) in [6.07, 6.45) is 9.31. The molecular weight excluding hydrogens is 449 g/mol. The number of benzene rings is 1. The molecule has 1 unspecified atom stereocenters. The van der Waals surface area contributed by atoms with Crippen LogP contribution in [0.2, 0.25) is 0 Å². The second kappa shape index (κ2) is 8.80. The molecule has 176 valence electrons. The molecule has 1 atom stereocenters. The highest BCUT2D eigenvalue weighted by molar-refractivity contribution is 5.98. The van der Waals surface area contributed by atoms with Crippen LogP contribution in [0.5, 0.6) is 11.6 Å². The molecule has 4 heterocycles. The van der Waals surface area contributed by atoms with E-state index < -0.39 is 0 Å². The Balaban J connectivity index is 1.18. The Kier molecular flexibility index (Phi) is 5.34. The Morgan fingerprint density at radius 2 is 2.17 bits per heavy atom. The average Bonchev–Trinajstić information content (AvgIpc) is 3.51. The van der Waals surface area contributed by atoms with Gasteiger partial charge in [-0.25, -0.2) is 19.2 Å². The third-order valence-electron chi connectivity index (χ3n) is 6.20. The van der Waals surface area contributed by atoms with Gasteiger partial charge in [-0.3, -0.25) is 15.0 Å². The quantitative estimate of drug-likeness (QED) is 0.402. The SMILES string of the molecule is O=C(Nc1cc(C2C=CC=C(F)C2)[nH]n1)n1ccc2cc(Oc3ncnc4c3CCNC4)ccc21. The van der Waals surface area contributed by atoms with Gasteiger partial charge in [0.2, 0.25) is 5.88 Å². The summed E-state index contributed by atoms with van der Waals surface area (Å²) in [5, 5.41) is 14.0. The summed E-state index contributed by atoms with van der Waals surface area (Å²) in [7, 11) is 0. The second-order valence-corrected chi connectivity index (χ2v) is 8.49. The van der Waals surface area contributed by atoms with Crippen LogP contribution in [0.25, 0.3) is 10.9 Å². The Hall–Kier alpha value is -4.31. The Labute approximate surface area is 199 Å². The number of aromatic amines is 1. The van der Waals surface area contributed by atoms with E-state index in [1.54, 1.807) is 18.3 Å². The number of nitrogens with zero attached hydrogens (tertiary/aromatic N) is 4. The third-order valence-corrected chi connectivity index (χ3v) is 6.20. The van der Waals surface area contributed by atoms with Crippen LogP contribution >= 0.6 is 0 Å². The summed E-state index contributed by atoms with van der Waals surface area (Å²) in [5.74, 6) is 1.25. The molecule has 1 aromatic carbocycles. The molecule has 3 aromatic heterocycles. The van der Waals surface area contributed by atoms with Gasteiger partial charge in [0.05, 0.1) is 11.2 Å². The predicted octanol–water partition coefficient (Wildman–Crippen LogP) is 4.57. The number of aromatic nitrogens is 5. The number of carbonyl (C=O) groups is 1. The van der Waals surface area contributed by atoms with Crippen molar-refractivity contribution in [3.8, 4) is 11.6 Å². The molecule has 0 bridgehead atoms. The normalized spacial score (nSPS) is 17.2. The van der Waals surface area contributed by atoms with Crippen LogP contribution < -0.4 is 15.4 Å². The largest absolute Gasteiger partial charge is 0.439 e. The van der Waals surface area contributed by atoms with E-state index in [-0.39, 0.29) is 24.2 Å². The smallest absolute Gasteiger partial charge is 0.331 e. The average molecular weight is 471 g/mol. The number of hydrogen-bond acceptors (Lipinski definition) is 6. The topological polar surface area (TPSA) is 110 Å². The van der Waals surface area contributed by atoms with Crippen LogP contribution in [0.15, 0.2) is 66.9 Å². The first-order chi connectivity index (χ1) is 17.1. The number of fused-ring (bicyclic) bond motifs is 2. The summed E-state index contributed by atoms with van der Waals surface area (Å²) < 4.78 is 21.2. The molecule has 1 aliphatic heterocycles. The van der Waals surface area contributed by atoms with E-state index in [0.29, 0.717) is 24.0 Å². The number of halogens is 1. The van der Waals surface area contributed by atoms with Crippen molar-refractivity contribution in [1.29, 1.82) is 0 Å². The minimum Gasteiger partial charge on any atom is -0.439 e. The molecular formula is C25H22FN7O2. The van der Waals surface area contributed by atoms with E-state index in [9.17, 15) is 9.18 Å². The molecule has 35 heavy (non-hydrogen) atoms. The molecule has 0 saturated carbocycles. The molecule has 9 nitrogen and oxygen atoms in total. The summed E-state index contributed by atoms with van der Waals surface area (Å²) >= 11 is 0. The van der Waals surface area contributed by atoms with Crippen LogP contribution in [0.3, 0.4) is 0 Å². The summed E-state index contributed by atoms with van der Waals surface area (Å²) in [4.78, 5) is 21.6. The molecule has 4 aromatic rings. The van der Waals surface area contributed by atoms with Crippen molar-refractivity contribution in [1.82, 2.24) is 30.0 Å². The van der Waals surface area contributed by atoms with Gasteiger partial charge in [0.15, 0.2) is 5.82 Å². The maximum atomic E-state index is 13.6. The van der Waals surface area contributed by atoms with Gasteiger partial charge in [0.25, 0.3) is 0 Å². The zero-order valence-electron chi connectivity index (χ0n) is 18.7. The van der Waals surface area contributed by atoms with Gasteiger partial charge in [-0.2, -0.15) is 5.10 Å². The number of hydrogen-bond donors (Lipinski definition) is 3. The Morgan fingerprint density at radius 1 is 1.23 bits per heavy atom. The number of rotatable bonds is 4. The fraction of sp³-hybridized carbons (Fsp3) is 0.200. The van der Waals surface area contributed by atoms with Gasteiger partial charge in [-0.15, -0.1) is 0 Å². The molecule has 0 saturated heterocycles. The first-order valence-electron chi connectivity index (χ1n) is 11.4. The van der Waals surface area contributed by atoms with E-state index in [1.807, 2.05) is 30.3 Å². The number of H-pyrrole nitrogens is 1. The Bertz CT molecular complexity index is 1490. The van der Waals surface area contributed by atoms with Crippen molar-refractivity contribution in [2.45, 2.75) is 25.3 Å². The van der Waals surface area contributed by atoms with Crippen LogP contribution in [0, 0.1) is 0 Å². The van der Waals surface area contributed by atoms with Gasteiger partial charge in [0.1, 0.15) is 17.9 Å². The van der Waals surface area contributed by atoms with Crippen LogP contribution in [0.1, 0.15) is 29.3 Å². The highest BCUT2D eigenvalue weighted by atomic mass is 19.1. The van der Waals surface area contributed by atoms with E-state index in [1.165, 1.54) is 17.0 Å². The van der Waals surface area contributed by atoms with Crippen molar-refractivity contribution in [2.75, 3.05) is 11.9 Å². The number of allylic oxidation sites excluding steroid dienone is 4. The molecule has 0 fully saturated rings. The zero-order valence-corrected chi connectivity index (χ0v) is 18.7. The standard InChI is InChI=1S/C25H22FN7O2/c26-17-3-1-2-15(10-17)20-12-23(32-31-20)30-25(34)33-9-7-16-11-18(4-5-22(16)33)35-24-19-6-8-27-13-21(19)28-14-29-24/h1-5,7,9,11-12,14-15,27H,6,8,10,13H2,(H2,30,31,32,34). The van der Waals surface area contributed by atoms with Crippen molar-refractivity contribution in [3.63, 3.8) is 0 Å². The van der Waals surface area contributed by atoms with E-state index in [0.717, 1.165) is 40.8 Å². The first-order valence-corrected chi connectivity index (χ1v) is 11.4. The fourth-order valence-electron chi connectivity index (χ4n) is 4.43. The minimum absolute atomic E-state index is 0.138. The number of anilines is 1. The van der Waals surface area contributed by atoms with Crippen molar-refractivity contribution >= 4 is 22.8 Å². The lowest BCUT2D eigenvalue weighted by Crippen LogP contribution is -2.25. The van der Waals surface area contributed by atoms with E-state index >= 15 is 0 Å². The molecule has 0 spiro atoms. The second-order valence-electron chi connectivity index (χ2n) is 8.49. The highest BCUT2D eigenvalue weighted by Gasteiger charge is 2.19. The monoisotopic (exact) mass is 471 g/mol. The lowest BCUT2D eigenvalue weighted by molar-refractivity contribution is 0.254. The highest BCUT2D eigenvalue weighted by Crippen LogP contribution is 2.30. The maximum Gasteiger partial charge on any atom is 0.331 e. The van der Waals surface area contributed by atoms with Crippen LogP contribution in [-0.2, 0) is 13.0 Å². The molecule has 0 radical (unpaired) electrons. The number of ether oxygens (including phenoxy) is 1. The third kappa shape index (κ3) is 4.19. The fourth-order valence-corrected chi connectivity index (χ4v) is 4.43.